The molecular formula is C12H14N4O2. The zero-order valence-electron chi connectivity index (χ0n) is 10.1. The third kappa shape index (κ3) is 1.77. The van der Waals surface area contributed by atoms with Gasteiger partial charge in [-0.1, -0.05) is 6.07 Å². The molecule has 0 saturated carbocycles. The predicted molar refractivity (Wildman–Crippen MR) is 68.7 cm³/mol. The number of aromatic hydroxyl groups is 1. The first-order chi connectivity index (χ1) is 8.41. The molecule has 1 amide bonds. The molecule has 5 N–H and O–H groups in total. The molecular weight excluding hydrogens is 232 g/mol. The molecule has 0 aliphatic carbocycles. The number of phenolic OH excluding ortho intramolecular Hbond substituents is 1. The van der Waals surface area contributed by atoms with E-state index >= 15 is 0 Å². The second kappa shape index (κ2) is 4.06. The number of fused-ring (bicyclic) bond motifs is 1. The second-order valence-corrected chi connectivity index (χ2v) is 4.12. The Labute approximate surface area is 104 Å². The van der Waals surface area contributed by atoms with Crippen LogP contribution in [0.3, 0.4) is 0 Å². The normalized spacial score (nSPS) is 10.6. The highest BCUT2D eigenvalue weighted by Gasteiger charge is 2.17. The summed E-state index contributed by atoms with van der Waals surface area (Å²) in [4.78, 5) is 15.8. The van der Waals surface area contributed by atoms with E-state index in [0.29, 0.717) is 5.52 Å². The third-order valence-electron chi connectivity index (χ3n) is 2.89. The van der Waals surface area contributed by atoms with Crippen molar-refractivity contribution in [1.29, 1.82) is 5.41 Å². The molecule has 0 spiro atoms. The van der Waals surface area contributed by atoms with Crippen LogP contribution >= 0.6 is 0 Å². The molecule has 1 heterocycles. The summed E-state index contributed by atoms with van der Waals surface area (Å²) in [6.45, 7) is 1.89. The van der Waals surface area contributed by atoms with Crippen molar-refractivity contribution in [3.8, 4) is 5.75 Å². The van der Waals surface area contributed by atoms with Crippen LogP contribution in [0.2, 0.25) is 0 Å². The highest BCUT2D eigenvalue weighted by Crippen LogP contribution is 2.27. The third-order valence-corrected chi connectivity index (χ3v) is 2.89. The van der Waals surface area contributed by atoms with Gasteiger partial charge >= 0.3 is 0 Å². The number of aromatic nitrogens is 1. The van der Waals surface area contributed by atoms with E-state index in [1.165, 1.54) is 7.05 Å². The molecule has 1 aromatic carbocycles. The fourth-order valence-electron chi connectivity index (χ4n) is 1.75. The molecule has 2 rings (SSSR count). The van der Waals surface area contributed by atoms with Crippen molar-refractivity contribution >= 4 is 22.8 Å². The van der Waals surface area contributed by atoms with Gasteiger partial charge in [0.2, 0.25) is 0 Å². The monoisotopic (exact) mass is 246 g/mol. The van der Waals surface area contributed by atoms with Gasteiger partial charge in [0.15, 0.2) is 5.96 Å². The second-order valence-electron chi connectivity index (χ2n) is 4.12. The molecule has 0 bridgehead atoms. The van der Waals surface area contributed by atoms with Crippen LogP contribution in [-0.4, -0.2) is 33.9 Å². The Hall–Kier alpha value is -2.50. The van der Waals surface area contributed by atoms with Crippen LogP contribution in [0.1, 0.15) is 16.1 Å². The average molecular weight is 246 g/mol. The molecule has 94 valence electrons. The minimum absolute atomic E-state index is 0.0835. The van der Waals surface area contributed by atoms with Crippen LogP contribution in [0.15, 0.2) is 18.2 Å². The van der Waals surface area contributed by atoms with Gasteiger partial charge in [0.05, 0.1) is 5.52 Å². The van der Waals surface area contributed by atoms with Gasteiger partial charge in [0.25, 0.3) is 5.91 Å². The van der Waals surface area contributed by atoms with E-state index in [9.17, 15) is 9.90 Å². The number of nitrogens with two attached hydrogens (primary N) is 1. The van der Waals surface area contributed by atoms with Gasteiger partial charge < -0.3 is 15.8 Å². The molecule has 0 saturated heterocycles. The summed E-state index contributed by atoms with van der Waals surface area (Å²) in [6.07, 6.45) is 0. The molecule has 0 atom stereocenters. The lowest BCUT2D eigenvalue weighted by Crippen LogP contribution is -2.38. The summed E-state index contributed by atoms with van der Waals surface area (Å²) in [5.74, 6) is -0.669. The van der Waals surface area contributed by atoms with E-state index in [2.05, 4.69) is 4.98 Å². The molecule has 0 radical (unpaired) electrons. The summed E-state index contributed by atoms with van der Waals surface area (Å²) in [5, 5.41) is 17.7. The van der Waals surface area contributed by atoms with Gasteiger partial charge in [-0.25, -0.2) is 0 Å². The van der Waals surface area contributed by atoms with Crippen LogP contribution in [0, 0.1) is 12.3 Å². The van der Waals surface area contributed by atoms with E-state index < -0.39 is 5.91 Å². The van der Waals surface area contributed by atoms with Crippen LogP contribution in [0.4, 0.5) is 0 Å². The van der Waals surface area contributed by atoms with E-state index in [1.807, 2.05) is 6.92 Å². The summed E-state index contributed by atoms with van der Waals surface area (Å²) in [6, 6.07) is 4.98. The van der Waals surface area contributed by atoms with Crippen molar-refractivity contribution in [2.24, 2.45) is 5.73 Å². The predicted octanol–water partition coefficient (Wildman–Crippen LogP) is 1.15. The first kappa shape index (κ1) is 12.0. The topological polar surface area (TPSA) is 106 Å². The number of hydrogen-bond donors (Lipinski definition) is 4. The number of nitrogens with one attached hydrogen (secondary N) is 2. The summed E-state index contributed by atoms with van der Waals surface area (Å²) in [7, 11) is 1.42. The number of carbonyl (C=O) groups is 1. The maximum atomic E-state index is 12.0. The molecule has 2 aromatic rings. The standard InChI is InChI=1S/C12H14N4O2/c1-6-3-4-9(17)10-7(6)5-8(15-10)11(18)16(2)12(13)14/h3-5,15,17H,1-2H3,(H3,13,14). The van der Waals surface area contributed by atoms with Gasteiger partial charge in [0.1, 0.15) is 11.4 Å². The Morgan fingerprint density at radius 2 is 2.17 bits per heavy atom. The molecule has 6 heteroatoms. The molecule has 0 unspecified atom stereocenters. The van der Waals surface area contributed by atoms with Gasteiger partial charge in [-0.2, -0.15) is 0 Å². The number of benzene rings is 1. The lowest BCUT2D eigenvalue weighted by Gasteiger charge is -2.12. The van der Waals surface area contributed by atoms with Gasteiger partial charge in [-0.05, 0) is 24.6 Å². The first-order valence-electron chi connectivity index (χ1n) is 5.35. The van der Waals surface area contributed by atoms with Crippen LogP contribution in [0.5, 0.6) is 5.75 Å². The lowest BCUT2D eigenvalue weighted by molar-refractivity contribution is 0.0864. The maximum absolute atomic E-state index is 12.0. The Bertz CT molecular complexity index is 606. The number of rotatable bonds is 1. The average Bonchev–Trinajstić information content (AvgIpc) is 2.78. The van der Waals surface area contributed by atoms with Crippen molar-refractivity contribution in [3.05, 3.63) is 29.5 Å². The highest BCUT2D eigenvalue weighted by atomic mass is 16.3. The largest absolute Gasteiger partial charge is 0.506 e. The van der Waals surface area contributed by atoms with Gasteiger partial charge in [0, 0.05) is 12.4 Å². The zero-order valence-corrected chi connectivity index (χ0v) is 10.1. The number of aryl methyl sites for hydroxylation is 1. The number of amides is 1. The highest BCUT2D eigenvalue weighted by molar-refractivity contribution is 6.06. The van der Waals surface area contributed by atoms with Crippen molar-refractivity contribution in [2.75, 3.05) is 7.05 Å². The van der Waals surface area contributed by atoms with Crippen molar-refractivity contribution in [1.82, 2.24) is 9.88 Å². The summed E-state index contributed by atoms with van der Waals surface area (Å²) >= 11 is 0. The fraction of sp³-hybridized carbons (Fsp3) is 0.167. The SMILES string of the molecule is Cc1ccc(O)c2[nH]c(C(=O)N(C)C(=N)N)cc12. The number of nitrogens with zero attached hydrogens (tertiary/aromatic N) is 1. The van der Waals surface area contributed by atoms with Crippen molar-refractivity contribution in [2.45, 2.75) is 6.92 Å². The number of carbonyl (C=O) groups excluding carboxylic acids is 1. The van der Waals surface area contributed by atoms with E-state index in [0.717, 1.165) is 15.8 Å². The number of hydrogen-bond acceptors (Lipinski definition) is 3. The fourth-order valence-corrected chi connectivity index (χ4v) is 1.75. The quantitative estimate of drug-likeness (QED) is 0.448. The minimum atomic E-state index is -0.419. The van der Waals surface area contributed by atoms with Crippen molar-refractivity contribution in [3.63, 3.8) is 0 Å². The van der Waals surface area contributed by atoms with E-state index in [1.54, 1.807) is 18.2 Å². The number of H-pyrrole nitrogens is 1. The van der Waals surface area contributed by atoms with Crippen LogP contribution in [0.25, 0.3) is 10.9 Å². The number of phenols is 1. The van der Waals surface area contributed by atoms with E-state index in [4.69, 9.17) is 11.1 Å². The van der Waals surface area contributed by atoms with Gasteiger partial charge in [-0.15, -0.1) is 0 Å². The molecule has 0 aliphatic heterocycles. The summed E-state index contributed by atoms with van der Waals surface area (Å²) < 4.78 is 0. The Morgan fingerprint density at radius 1 is 1.50 bits per heavy atom. The Morgan fingerprint density at radius 3 is 2.72 bits per heavy atom. The first-order valence-corrected chi connectivity index (χ1v) is 5.35. The zero-order chi connectivity index (χ0) is 13.4. The van der Waals surface area contributed by atoms with Crippen LogP contribution in [-0.2, 0) is 0 Å². The Balaban J connectivity index is 2.54. The number of aromatic amines is 1. The maximum Gasteiger partial charge on any atom is 0.276 e. The smallest absolute Gasteiger partial charge is 0.276 e. The van der Waals surface area contributed by atoms with Crippen LogP contribution < -0.4 is 5.73 Å². The number of guanidine groups is 1. The molecule has 18 heavy (non-hydrogen) atoms. The van der Waals surface area contributed by atoms with Crippen molar-refractivity contribution < 1.29 is 9.90 Å². The van der Waals surface area contributed by atoms with E-state index in [-0.39, 0.29) is 17.4 Å². The minimum Gasteiger partial charge on any atom is -0.506 e. The molecule has 0 aliphatic rings. The molecule has 6 nitrogen and oxygen atoms in total. The summed E-state index contributed by atoms with van der Waals surface area (Å²) in [5.41, 5.74) is 7.00. The molecule has 0 fully saturated rings. The lowest BCUT2D eigenvalue weighted by atomic mass is 10.1. The molecule has 1 aromatic heterocycles. The Kier molecular flexibility index (Phi) is 2.70. The van der Waals surface area contributed by atoms with Gasteiger partial charge in [-0.3, -0.25) is 15.1 Å².